The molecule has 0 saturated heterocycles. The highest BCUT2D eigenvalue weighted by molar-refractivity contribution is 7.16. The van der Waals surface area contributed by atoms with Crippen LogP contribution in [0.5, 0.6) is 0 Å². The van der Waals surface area contributed by atoms with Crippen molar-refractivity contribution in [3.8, 4) is 17.3 Å². The van der Waals surface area contributed by atoms with Crippen LogP contribution in [0.15, 0.2) is 53.1 Å². The summed E-state index contributed by atoms with van der Waals surface area (Å²) in [4.78, 5) is 0.773. The van der Waals surface area contributed by atoms with Crippen molar-refractivity contribution in [3.63, 3.8) is 0 Å². The Balaban J connectivity index is 1.40. The van der Waals surface area contributed by atoms with E-state index in [1.807, 2.05) is 35.0 Å². The first-order valence-corrected chi connectivity index (χ1v) is 9.88. The van der Waals surface area contributed by atoms with E-state index in [9.17, 15) is 0 Å². The maximum atomic E-state index is 5.43. The molecular formula is C20H18N6OS. The van der Waals surface area contributed by atoms with Gasteiger partial charge in [0.1, 0.15) is 5.01 Å². The number of para-hydroxylation sites is 1. The third kappa shape index (κ3) is 2.82. The summed E-state index contributed by atoms with van der Waals surface area (Å²) in [5, 5.41) is 18.8. The van der Waals surface area contributed by atoms with Crippen LogP contribution in [-0.4, -0.2) is 29.6 Å². The summed E-state index contributed by atoms with van der Waals surface area (Å²) in [5.74, 6) is 1.30. The van der Waals surface area contributed by atoms with Gasteiger partial charge in [-0.1, -0.05) is 29.5 Å². The summed E-state index contributed by atoms with van der Waals surface area (Å²) in [5.41, 5.74) is 4.57. The van der Waals surface area contributed by atoms with E-state index < -0.39 is 0 Å². The quantitative estimate of drug-likeness (QED) is 0.453. The Labute approximate surface area is 165 Å². The van der Waals surface area contributed by atoms with E-state index in [0.717, 1.165) is 34.2 Å². The Morgan fingerprint density at radius 2 is 1.82 bits per heavy atom. The fourth-order valence-corrected chi connectivity index (χ4v) is 4.24. The maximum absolute atomic E-state index is 5.43. The average molecular weight is 390 g/mol. The van der Waals surface area contributed by atoms with Gasteiger partial charge >= 0.3 is 0 Å². The molecule has 7 nitrogen and oxygen atoms in total. The minimum Gasteiger partial charge on any atom is -0.461 e. The monoisotopic (exact) mass is 390 g/mol. The molecular weight excluding hydrogens is 372 g/mol. The number of furan rings is 1. The van der Waals surface area contributed by atoms with Gasteiger partial charge in [0.25, 0.3) is 0 Å². The van der Waals surface area contributed by atoms with Crippen molar-refractivity contribution in [1.82, 2.24) is 29.6 Å². The molecule has 1 aromatic carbocycles. The van der Waals surface area contributed by atoms with Gasteiger partial charge < -0.3 is 4.42 Å². The van der Waals surface area contributed by atoms with Crippen LogP contribution in [0.25, 0.3) is 22.2 Å². The molecule has 0 aliphatic heterocycles. The second kappa shape index (κ2) is 6.72. The molecule has 140 valence electrons. The molecule has 0 N–H and O–H groups in total. The number of hydrogen-bond acceptors (Lipinski definition) is 6. The third-order valence-electron chi connectivity index (χ3n) is 4.81. The number of nitrogens with zero attached hydrogens (tertiary/aromatic N) is 6. The molecule has 0 bridgehead atoms. The standard InChI is InChI=1S/C20H18N6OS/c1-13-16(14(2)25(23-13)15-7-4-3-5-8-15)10-11-18-24-26-19(17-9-6-12-27-17)21-22-20(26)28-18/h3-9,12H,10-11H2,1-2H3. The summed E-state index contributed by atoms with van der Waals surface area (Å²) >= 11 is 1.56. The van der Waals surface area contributed by atoms with E-state index in [1.165, 1.54) is 11.3 Å². The Kier molecular flexibility index (Phi) is 4.05. The molecule has 5 aromatic rings. The lowest BCUT2D eigenvalue weighted by atomic mass is 10.1. The Morgan fingerprint density at radius 1 is 0.964 bits per heavy atom. The fraction of sp³-hybridized carbons (Fsp3) is 0.200. The Bertz CT molecular complexity index is 1230. The van der Waals surface area contributed by atoms with E-state index in [0.29, 0.717) is 11.6 Å². The summed E-state index contributed by atoms with van der Waals surface area (Å²) in [6, 6.07) is 13.9. The number of aryl methyl sites for hydroxylation is 2. The summed E-state index contributed by atoms with van der Waals surface area (Å²) in [6.07, 6.45) is 3.33. The van der Waals surface area contributed by atoms with E-state index in [4.69, 9.17) is 14.6 Å². The van der Waals surface area contributed by atoms with Gasteiger partial charge in [0.05, 0.1) is 17.6 Å². The minimum atomic E-state index is 0.631. The van der Waals surface area contributed by atoms with Crippen LogP contribution in [0.1, 0.15) is 22.0 Å². The van der Waals surface area contributed by atoms with Crippen molar-refractivity contribution in [2.24, 2.45) is 0 Å². The molecule has 0 amide bonds. The van der Waals surface area contributed by atoms with E-state index in [1.54, 1.807) is 22.1 Å². The molecule has 5 rings (SSSR count). The lowest BCUT2D eigenvalue weighted by Crippen LogP contribution is -2.00. The molecule has 0 aliphatic carbocycles. The third-order valence-corrected chi connectivity index (χ3v) is 5.76. The highest BCUT2D eigenvalue weighted by Gasteiger charge is 2.17. The number of fused-ring (bicyclic) bond motifs is 1. The van der Waals surface area contributed by atoms with Gasteiger partial charge in [-0.05, 0) is 50.1 Å². The van der Waals surface area contributed by atoms with Crippen LogP contribution < -0.4 is 0 Å². The molecule has 8 heteroatoms. The first-order valence-electron chi connectivity index (χ1n) is 9.06. The zero-order valence-electron chi connectivity index (χ0n) is 15.5. The smallest absolute Gasteiger partial charge is 0.235 e. The molecule has 0 aliphatic rings. The van der Waals surface area contributed by atoms with E-state index in [2.05, 4.69) is 36.2 Å². The van der Waals surface area contributed by atoms with Gasteiger partial charge in [-0.15, -0.1) is 10.2 Å². The van der Waals surface area contributed by atoms with Crippen molar-refractivity contribution >= 4 is 16.3 Å². The van der Waals surface area contributed by atoms with Crippen LogP contribution in [0, 0.1) is 13.8 Å². The molecule has 4 aromatic heterocycles. The lowest BCUT2D eigenvalue weighted by molar-refractivity contribution is 0.574. The summed E-state index contributed by atoms with van der Waals surface area (Å²) in [6.45, 7) is 4.19. The molecule has 28 heavy (non-hydrogen) atoms. The lowest BCUT2D eigenvalue weighted by Gasteiger charge is -2.04. The predicted octanol–water partition coefficient (Wildman–Crippen LogP) is 4.03. The van der Waals surface area contributed by atoms with E-state index in [-0.39, 0.29) is 0 Å². The van der Waals surface area contributed by atoms with Crippen molar-refractivity contribution in [2.45, 2.75) is 26.7 Å². The molecule has 0 saturated carbocycles. The van der Waals surface area contributed by atoms with Crippen molar-refractivity contribution < 1.29 is 4.42 Å². The Hall–Kier alpha value is -3.26. The first kappa shape index (κ1) is 16.9. The molecule has 0 spiro atoms. The topological polar surface area (TPSA) is 74.0 Å². The summed E-state index contributed by atoms with van der Waals surface area (Å²) in [7, 11) is 0. The van der Waals surface area contributed by atoms with Crippen LogP contribution in [0.2, 0.25) is 0 Å². The SMILES string of the molecule is Cc1nn(-c2ccccc2)c(C)c1CCc1nn2c(-c3ccco3)nnc2s1. The van der Waals surface area contributed by atoms with Crippen LogP contribution >= 0.6 is 11.3 Å². The van der Waals surface area contributed by atoms with Gasteiger partial charge in [0.2, 0.25) is 10.8 Å². The van der Waals surface area contributed by atoms with E-state index >= 15 is 0 Å². The molecule has 0 atom stereocenters. The maximum Gasteiger partial charge on any atom is 0.235 e. The fourth-order valence-electron chi connectivity index (χ4n) is 3.41. The Morgan fingerprint density at radius 3 is 2.61 bits per heavy atom. The summed E-state index contributed by atoms with van der Waals surface area (Å²) < 4.78 is 9.20. The van der Waals surface area contributed by atoms with Crippen molar-refractivity contribution in [1.29, 1.82) is 0 Å². The predicted molar refractivity (Wildman–Crippen MR) is 107 cm³/mol. The molecule has 4 heterocycles. The van der Waals surface area contributed by atoms with Crippen molar-refractivity contribution in [2.75, 3.05) is 0 Å². The van der Waals surface area contributed by atoms with Gasteiger partial charge in [0.15, 0.2) is 5.76 Å². The van der Waals surface area contributed by atoms with Crippen molar-refractivity contribution in [3.05, 3.63) is 70.7 Å². The highest BCUT2D eigenvalue weighted by atomic mass is 32.1. The molecule has 0 fully saturated rings. The normalized spacial score (nSPS) is 11.5. The zero-order valence-corrected chi connectivity index (χ0v) is 16.3. The second-order valence-electron chi connectivity index (χ2n) is 6.59. The number of benzene rings is 1. The number of hydrogen-bond donors (Lipinski definition) is 0. The van der Waals surface area contributed by atoms with Gasteiger partial charge in [-0.2, -0.15) is 14.7 Å². The zero-order chi connectivity index (χ0) is 19.1. The second-order valence-corrected chi connectivity index (χ2v) is 7.63. The van der Waals surface area contributed by atoms with Crippen LogP contribution in [0.3, 0.4) is 0 Å². The molecule has 0 radical (unpaired) electrons. The van der Waals surface area contributed by atoms with Gasteiger partial charge in [-0.3, -0.25) is 0 Å². The van der Waals surface area contributed by atoms with Crippen LogP contribution in [0.4, 0.5) is 0 Å². The largest absolute Gasteiger partial charge is 0.461 e. The van der Waals surface area contributed by atoms with Gasteiger partial charge in [-0.25, -0.2) is 4.68 Å². The number of rotatable bonds is 5. The first-order chi connectivity index (χ1) is 13.7. The number of aromatic nitrogens is 6. The van der Waals surface area contributed by atoms with Crippen LogP contribution in [-0.2, 0) is 12.8 Å². The average Bonchev–Trinajstić information content (AvgIpc) is 3.46. The minimum absolute atomic E-state index is 0.631. The highest BCUT2D eigenvalue weighted by Crippen LogP contribution is 2.24. The van der Waals surface area contributed by atoms with Gasteiger partial charge in [0, 0.05) is 12.1 Å². The molecule has 0 unspecified atom stereocenters.